The maximum absolute atomic E-state index is 13.7. The molecule has 4 aromatic rings. The third kappa shape index (κ3) is 12.6. The van der Waals surface area contributed by atoms with Gasteiger partial charge in [-0.3, -0.25) is 14.8 Å². The fourth-order valence-corrected chi connectivity index (χ4v) is 5.25. The van der Waals surface area contributed by atoms with Crippen LogP contribution in [0.2, 0.25) is 0 Å². The van der Waals surface area contributed by atoms with E-state index in [2.05, 4.69) is 25.9 Å². The summed E-state index contributed by atoms with van der Waals surface area (Å²) >= 11 is 0. The summed E-state index contributed by atoms with van der Waals surface area (Å²) in [5.41, 5.74) is 9.38. The van der Waals surface area contributed by atoms with Crippen molar-refractivity contribution < 1.29 is 29.0 Å². The van der Waals surface area contributed by atoms with Gasteiger partial charge >= 0.3 is 12.2 Å². The summed E-state index contributed by atoms with van der Waals surface area (Å²) in [6.07, 6.45) is 4.57. The predicted octanol–water partition coefficient (Wildman–Crippen LogP) is 4.33. The second kappa shape index (κ2) is 18.7. The van der Waals surface area contributed by atoms with Crippen molar-refractivity contribution in [3.8, 4) is 0 Å². The van der Waals surface area contributed by atoms with Gasteiger partial charge in [0, 0.05) is 42.0 Å². The van der Waals surface area contributed by atoms with Gasteiger partial charge in [0.15, 0.2) is 0 Å². The van der Waals surface area contributed by atoms with Crippen molar-refractivity contribution in [1.82, 2.24) is 25.9 Å². The Labute approximate surface area is 286 Å². The Balaban J connectivity index is 1.46. The zero-order valence-electron chi connectivity index (χ0n) is 27.7. The van der Waals surface area contributed by atoms with Crippen LogP contribution in [0.25, 0.3) is 0 Å². The van der Waals surface area contributed by atoms with E-state index >= 15 is 0 Å². The minimum Gasteiger partial charge on any atom is -0.445 e. The van der Waals surface area contributed by atoms with Crippen molar-refractivity contribution in [3.05, 3.63) is 126 Å². The van der Waals surface area contributed by atoms with Gasteiger partial charge in [0.1, 0.15) is 19.3 Å². The van der Waals surface area contributed by atoms with Gasteiger partial charge in [0.05, 0.1) is 17.8 Å². The van der Waals surface area contributed by atoms with Crippen molar-refractivity contribution >= 4 is 23.8 Å². The van der Waals surface area contributed by atoms with Crippen LogP contribution in [-0.2, 0) is 40.3 Å². The van der Waals surface area contributed by atoms with E-state index in [4.69, 9.17) is 15.2 Å². The van der Waals surface area contributed by atoms with E-state index < -0.39 is 42.3 Å². The predicted molar refractivity (Wildman–Crippen MR) is 185 cm³/mol. The third-order valence-electron chi connectivity index (χ3n) is 7.76. The molecule has 2 aromatic carbocycles. The lowest BCUT2D eigenvalue weighted by atomic mass is 9.93. The minimum atomic E-state index is -1.09. The number of nitrogens with zero attached hydrogens (tertiary/aromatic N) is 2. The number of rotatable bonds is 16. The fourth-order valence-electron chi connectivity index (χ4n) is 5.25. The van der Waals surface area contributed by atoms with E-state index in [1.807, 2.05) is 60.7 Å². The molecule has 0 aliphatic rings. The molecule has 4 rings (SSSR count). The largest absolute Gasteiger partial charge is 0.445 e. The molecule has 12 nitrogen and oxygen atoms in total. The SMILES string of the molecule is CC(C)C(NC(=O)OCc1cncc(N)c1)C(=O)N[C@@H](Cc1ccccc1)[C@@H](O)C[C@H](Cc1ccccc1)NC(=O)OCc1cccnc1. The normalized spacial score (nSPS) is 13.4. The molecule has 49 heavy (non-hydrogen) atoms. The molecular weight excluding hydrogens is 624 g/mol. The zero-order chi connectivity index (χ0) is 35.0. The van der Waals surface area contributed by atoms with Crippen molar-refractivity contribution in [2.24, 2.45) is 5.92 Å². The van der Waals surface area contributed by atoms with Crippen molar-refractivity contribution in [3.63, 3.8) is 0 Å². The van der Waals surface area contributed by atoms with E-state index in [0.29, 0.717) is 24.1 Å². The highest BCUT2D eigenvalue weighted by Crippen LogP contribution is 2.16. The second-order valence-electron chi connectivity index (χ2n) is 12.1. The fraction of sp³-hybridized carbons (Fsp3) is 0.324. The lowest BCUT2D eigenvalue weighted by Crippen LogP contribution is -2.56. The molecular formula is C37H44N6O6. The third-order valence-corrected chi connectivity index (χ3v) is 7.76. The molecule has 2 heterocycles. The molecule has 0 spiro atoms. The maximum Gasteiger partial charge on any atom is 0.408 e. The highest BCUT2D eigenvalue weighted by molar-refractivity contribution is 5.86. The number of aliphatic hydroxyl groups excluding tert-OH is 1. The Kier molecular flexibility index (Phi) is 13.9. The summed E-state index contributed by atoms with van der Waals surface area (Å²) in [4.78, 5) is 47.4. The van der Waals surface area contributed by atoms with Gasteiger partial charge < -0.3 is 36.3 Å². The summed E-state index contributed by atoms with van der Waals surface area (Å²) in [5, 5.41) is 20.2. The Morgan fingerprint density at radius 1 is 0.735 bits per heavy atom. The Morgan fingerprint density at radius 3 is 1.94 bits per heavy atom. The summed E-state index contributed by atoms with van der Waals surface area (Å²) in [5.74, 6) is -0.792. The molecule has 0 fully saturated rings. The average Bonchev–Trinajstić information content (AvgIpc) is 3.09. The molecule has 2 aromatic heterocycles. The minimum absolute atomic E-state index is 0.0370. The van der Waals surface area contributed by atoms with Crippen LogP contribution in [0.5, 0.6) is 0 Å². The lowest BCUT2D eigenvalue weighted by Gasteiger charge is -2.30. The lowest BCUT2D eigenvalue weighted by molar-refractivity contribution is -0.125. The summed E-state index contributed by atoms with van der Waals surface area (Å²) in [7, 11) is 0. The molecule has 0 saturated carbocycles. The summed E-state index contributed by atoms with van der Waals surface area (Å²) in [6.45, 7) is 3.55. The van der Waals surface area contributed by atoms with E-state index in [0.717, 1.165) is 16.7 Å². The first-order valence-corrected chi connectivity index (χ1v) is 16.2. The number of hydrogen-bond acceptors (Lipinski definition) is 9. The number of nitrogens with one attached hydrogen (secondary N) is 3. The molecule has 0 aliphatic carbocycles. The van der Waals surface area contributed by atoms with Crippen LogP contribution in [0.4, 0.5) is 15.3 Å². The van der Waals surface area contributed by atoms with Gasteiger partial charge in [0.25, 0.3) is 0 Å². The zero-order valence-corrected chi connectivity index (χ0v) is 27.7. The molecule has 0 saturated heterocycles. The molecule has 1 unspecified atom stereocenters. The van der Waals surface area contributed by atoms with E-state index in [1.165, 1.54) is 12.4 Å². The highest BCUT2D eigenvalue weighted by atomic mass is 16.6. The number of benzene rings is 2. The number of anilines is 1. The van der Waals surface area contributed by atoms with E-state index in [9.17, 15) is 19.5 Å². The molecule has 4 atom stereocenters. The monoisotopic (exact) mass is 668 g/mol. The molecule has 3 amide bonds. The highest BCUT2D eigenvalue weighted by Gasteiger charge is 2.31. The Hall–Kier alpha value is -5.49. The van der Waals surface area contributed by atoms with Gasteiger partial charge in [-0.2, -0.15) is 0 Å². The van der Waals surface area contributed by atoms with Crippen LogP contribution in [0.15, 0.2) is 104 Å². The number of aromatic nitrogens is 2. The molecule has 0 radical (unpaired) electrons. The van der Waals surface area contributed by atoms with Gasteiger partial charge in [0.2, 0.25) is 5.91 Å². The molecule has 6 N–H and O–H groups in total. The number of aliphatic hydroxyl groups is 1. The Morgan fingerprint density at radius 2 is 1.33 bits per heavy atom. The smallest absolute Gasteiger partial charge is 0.408 e. The van der Waals surface area contributed by atoms with Crippen LogP contribution in [0.3, 0.4) is 0 Å². The van der Waals surface area contributed by atoms with E-state index in [1.54, 1.807) is 44.4 Å². The van der Waals surface area contributed by atoms with Crippen molar-refractivity contribution in [2.45, 2.75) is 70.6 Å². The first kappa shape index (κ1) is 36.3. The number of ether oxygens (including phenoxy) is 2. The number of alkyl carbamates (subject to hydrolysis) is 2. The first-order chi connectivity index (χ1) is 23.7. The topological polar surface area (TPSA) is 178 Å². The molecule has 12 heteroatoms. The summed E-state index contributed by atoms with van der Waals surface area (Å²) in [6, 6.07) is 22.0. The number of carbonyl (C=O) groups is 3. The van der Waals surface area contributed by atoms with Crippen LogP contribution < -0.4 is 21.7 Å². The van der Waals surface area contributed by atoms with Crippen LogP contribution in [0, 0.1) is 5.92 Å². The summed E-state index contributed by atoms with van der Waals surface area (Å²) < 4.78 is 10.8. The van der Waals surface area contributed by atoms with Crippen molar-refractivity contribution in [2.75, 3.05) is 5.73 Å². The van der Waals surface area contributed by atoms with Gasteiger partial charge in [-0.25, -0.2) is 9.59 Å². The number of hydrogen-bond donors (Lipinski definition) is 5. The second-order valence-corrected chi connectivity index (χ2v) is 12.1. The van der Waals surface area contributed by atoms with Crippen molar-refractivity contribution in [1.29, 1.82) is 0 Å². The maximum atomic E-state index is 13.7. The van der Waals surface area contributed by atoms with Gasteiger partial charge in [-0.15, -0.1) is 0 Å². The molecule has 0 bridgehead atoms. The number of nitrogens with two attached hydrogens (primary N) is 1. The molecule has 258 valence electrons. The van der Waals surface area contributed by atoms with Gasteiger partial charge in [-0.1, -0.05) is 80.6 Å². The Bertz CT molecular complexity index is 1610. The standard InChI is InChI=1S/C37H44N6O6/c1-25(2)34(43-37(47)49-24-29-16-30(38)22-40-21-29)35(45)42-32(18-27-12-7-4-8-13-27)33(44)19-31(17-26-10-5-3-6-11-26)41-36(46)48-23-28-14-9-15-39-20-28/h3-16,20-22,25,31-34,44H,17-19,23-24,38H2,1-2H3,(H,41,46)(H,42,45)(H,43,47)/t31-,32-,33-,34?/m0/s1. The van der Waals surface area contributed by atoms with E-state index in [-0.39, 0.29) is 25.6 Å². The van der Waals surface area contributed by atoms with Crippen LogP contribution in [-0.4, -0.2) is 57.4 Å². The average molecular weight is 669 g/mol. The molecule has 0 aliphatic heterocycles. The number of pyridine rings is 2. The first-order valence-electron chi connectivity index (χ1n) is 16.2. The number of amides is 3. The quantitative estimate of drug-likeness (QED) is 0.116. The number of carbonyl (C=O) groups excluding carboxylic acids is 3. The van der Waals surface area contributed by atoms with Gasteiger partial charge in [-0.05, 0) is 48.4 Å². The van der Waals surface area contributed by atoms with Crippen LogP contribution >= 0.6 is 0 Å². The van der Waals surface area contributed by atoms with Crippen LogP contribution in [0.1, 0.15) is 42.5 Å². The number of nitrogen functional groups attached to an aromatic ring is 1.